The molecule has 0 fully saturated rings. The van der Waals surface area contributed by atoms with E-state index in [1.807, 2.05) is 6.92 Å². The lowest BCUT2D eigenvalue weighted by Gasteiger charge is -2.07. The molecule has 5 nitrogen and oxygen atoms in total. The van der Waals surface area contributed by atoms with E-state index in [0.29, 0.717) is 35.1 Å². The summed E-state index contributed by atoms with van der Waals surface area (Å²) in [7, 11) is 0. The summed E-state index contributed by atoms with van der Waals surface area (Å²) in [6.45, 7) is 2.22. The third-order valence-corrected chi connectivity index (χ3v) is 4.01. The molecule has 0 N–H and O–H groups in total. The number of aryl methyl sites for hydroxylation is 1. The molecule has 0 unspecified atom stereocenters. The third-order valence-electron chi connectivity index (χ3n) is 3.76. The molecule has 134 valence electrons. The second-order valence-electron chi connectivity index (χ2n) is 5.79. The number of rotatable bonds is 6. The van der Waals surface area contributed by atoms with E-state index in [9.17, 15) is 9.59 Å². The van der Waals surface area contributed by atoms with Crippen LogP contribution in [0.15, 0.2) is 57.7 Å². The molecule has 0 atom stereocenters. The number of carbonyl (C=O) groups is 1. The minimum Gasteiger partial charge on any atom is -0.494 e. The number of fused-ring (bicyclic) bond motifs is 1. The van der Waals surface area contributed by atoms with Crippen LogP contribution in [0.1, 0.15) is 18.4 Å². The molecule has 0 saturated heterocycles. The van der Waals surface area contributed by atoms with Crippen molar-refractivity contribution in [3.05, 3.63) is 69.5 Å². The molecule has 0 aliphatic rings. The lowest BCUT2D eigenvalue weighted by Crippen LogP contribution is -2.10. The standard InChI is InChI=1S/C20H17ClO5/c1-13-11-20(23)26-18-12-16(8-9-17(13)18)25-19(22)3-2-10-24-15-6-4-14(21)5-7-15/h4-9,11-12H,2-3,10H2,1H3. The van der Waals surface area contributed by atoms with Gasteiger partial charge in [0.15, 0.2) is 0 Å². The van der Waals surface area contributed by atoms with Crippen molar-refractivity contribution in [1.82, 2.24) is 0 Å². The monoisotopic (exact) mass is 372 g/mol. The van der Waals surface area contributed by atoms with E-state index in [-0.39, 0.29) is 12.4 Å². The summed E-state index contributed by atoms with van der Waals surface area (Å²) in [6, 6.07) is 13.4. The Bertz CT molecular complexity index is 976. The topological polar surface area (TPSA) is 65.7 Å². The largest absolute Gasteiger partial charge is 0.494 e. The predicted molar refractivity (Wildman–Crippen MR) is 99.0 cm³/mol. The first-order valence-electron chi connectivity index (χ1n) is 8.15. The van der Waals surface area contributed by atoms with Crippen LogP contribution in [-0.2, 0) is 4.79 Å². The van der Waals surface area contributed by atoms with Gasteiger partial charge in [-0.3, -0.25) is 4.79 Å². The fraction of sp³-hybridized carbons (Fsp3) is 0.200. The Balaban J connectivity index is 1.52. The van der Waals surface area contributed by atoms with Crippen molar-refractivity contribution in [2.75, 3.05) is 6.61 Å². The van der Waals surface area contributed by atoms with Gasteiger partial charge >= 0.3 is 11.6 Å². The molecule has 0 spiro atoms. The van der Waals surface area contributed by atoms with Gasteiger partial charge in [-0.1, -0.05) is 11.6 Å². The maximum absolute atomic E-state index is 12.0. The van der Waals surface area contributed by atoms with Crippen LogP contribution in [0.5, 0.6) is 11.5 Å². The minimum absolute atomic E-state index is 0.212. The van der Waals surface area contributed by atoms with Crippen LogP contribution in [0.25, 0.3) is 11.0 Å². The summed E-state index contributed by atoms with van der Waals surface area (Å²) in [6.07, 6.45) is 0.729. The Hall–Kier alpha value is -2.79. The molecular formula is C20H17ClO5. The highest BCUT2D eigenvalue weighted by Crippen LogP contribution is 2.22. The number of esters is 1. The van der Waals surface area contributed by atoms with E-state index in [1.54, 1.807) is 42.5 Å². The molecule has 0 bridgehead atoms. The van der Waals surface area contributed by atoms with Gasteiger partial charge in [0.25, 0.3) is 0 Å². The summed E-state index contributed by atoms with van der Waals surface area (Å²) >= 11 is 5.80. The van der Waals surface area contributed by atoms with Crippen molar-refractivity contribution in [3.8, 4) is 11.5 Å². The van der Waals surface area contributed by atoms with Gasteiger partial charge in [0.1, 0.15) is 17.1 Å². The summed E-state index contributed by atoms with van der Waals surface area (Å²) < 4.78 is 16.0. The Morgan fingerprint density at radius 1 is 1.08 bits per heavy atom. The van der Waals surface area contributed by atoms with E-state index in [2.05, 4.69) is 0 Å². The SMILES string of the molecule is Cc1cc(=O)oc2cc(OC(=O)CCCOc3ccc(Cl)cc3)ccc12. The van der Waals surface area contributed by atoms with E-state index in [4.69, 9.17) is 25.5 Å². The molecule has 6 heteroatoms. The zero-order valence-electron chi connectivity index (χ0n) is 14.2. The Labute approximate surface area is 155 Å². The summed E-state index contributed by atoms with van der Waals surface area (Å²) in [4.78, 5) is 23.4. The Morgan fingerprint density at radius 3 is 2.58 bits per heavy atom. The first kappa shape index (κ1) is 18.0. The highest BCUT2D eigenvalue weighted by molar-refractivity contribution is 6.30. The minimum atomic E-state index is -0.433. The van der Waals surface area contributed by atoms with Crippen LogP contribution in [-0.4, -0.2) is 12.6 Å². The maximum Gasteiger partial charge on any atom is 0.336 e. The number of hydrogen-bond acceptors (Lipinski definition) is 5. The van der Waals surface area contributed by atoms with Crippen LogP contribution >= 0.6 is 11.6 Å². The fourth-order valence-electron chi connectivity index (χ4n) is 2.49. The number of halogens is 1. The lowest BCUT2D eigenvalue weighted by molar-refractivity contribution is -0.134. The fourth-order valence-corrected chi connectivity index (χ4v) is 2.61. The first-order valence-corrected chi connectivity index (χ1v) is 8.52. The van der Waals surface area contributed by atoms with E-state index >= 15 is 0 Å². The van der Waals surface area contributed by atoms with Gasteiger partial charge in [-0.15, -0.1) is 0 Å². The Morgan fingerprint density at radius 2 is 1.81 bits per heavy atom. The second-order valence-corrected chi connectivity index (χ2v) is 6.22. The zero-order valence-corrected chi connectivity index (χ0v) is 14.9. The number of carbonyl (C=O) groups excluding carboxylic acids is 1. The van der Waals surface area contributed by atoms with Crippen molar-refractivity contribution in [1.29, 1.82) is 0 Å². The average molecular weight is 373 g/mol. The first-order chi connectivity index (χ1) is 12.5. The van der Waals surface area contributed by atoms with Gasteiger partial charge in [0.2, 0.25) is 0 Å². The van der Waals surface area contributed by atoms with Gasteiger partial charge < -0.3 is 13.9 Å². The maximum atomic E-state index is 12.0. The number of hydrogen-bond donors (Lipinski definition) is 0. The van der Waals surface area contributed by atoms with Gasteiger partial charge in [0.05, 0.1) is 6.61 Å². The van der Waals surface area contributed by atoms with Gasteiger partial charge in [-0.2, -0.15) is 0 Å². The summed E-state index contributed by atoms with van der Waals surface area (Å²) in [5.41, 5.74) is 0.776. The van der Waals surface area contributed by atoms with Crippen LogP contribution < -0.4 is 15.1 Å². The van der Waals surface area contributed by atoms with Crippen LogP contribution in [0.4, 0.5) is 0 Å². The molecule has 0 saturated carbocycles. The summed E-state index contributed by atoms with van der Waals surface area (Å²) in [5, 5.41) is 1.45. The molecule has 2 aromatic carbocycles. The van der Waals surface area contributed by atoms with Crippen molar-refractivity contribution in [3.63, 3.8) is 0 Å². The number of ether oxygens (including phenoxy) is 2. The van der Waals surface area contributed by atoms with Gasteiger partial charge in [0, 0.05) is 29.0 Å². The lowest BCUT2D eigenvalue weighted by atomic mass is 10.1. The molecule has 26 heavy (non-hydrogen) atoms. The molecule has 0 aliphatic carbocycles. The van der Waals surface area contributed by atoms with E-state index < -0.39 is 5.63 Å². The Kier molecular flexibility index (Phi) is 5.58. The van der Waals surface area contributed by atoms with Crippen molar-refractivity contribution in [2.24, 2.45) is 0 Å². The third kappa shape index (κ3) is 4.64. The highest BCUT2D eigenvalue weighted by atomic mass is 35.5. The quantitative estimate of drug-likeness (QED) is 0.275. The normalized spacial score (nSPS) is 10.7. The summed E-state index contributed by atoms with van der Waals surface area (Å²) in [5.74, 6) is 0.664. The molecule has 1 aromatic heterocycles. The molecule has 0 amide bonds. The average Bonchev–Trinajstić information content (AvgIpc) is 2.60. The molecule has 3 rings (SSSR count). The molecule has 3 aromatic rings. The van der Waals surface area contributed by atoms with Crippen molar-refractivity contribution < 1.29 is 18.7 Å². The van der Waals surface area contributed by atoms with Crippen LogP contribution in [0, 0.1) is 6.92 Å². The van der Waals surface area contributed by atoms with Crippen LogP contribution in [0.2, 0.25) is 5.02 Å². The molecule has 0 aliphatic heterocycles. The molecule has 1 heterocycles. The molecular weight excluding hydrogens is 356 g/mol. The van der Waals surface area contributed by atoms with Gasteiger partial charge in [-0.05, 0) is 55.3 Å². The highest BCUT2D eigenvalue weighted by Gasteiger charge is 2.08. The number of benzene rings is 2. The van der Waals surface area contributed by atoms with Gasteiger partial charge in [-0.25, -0.2) is 4.79 Å². The van der Waals surface area contributed by atoms with E-state index in [1.165, 1.54) is 6.07 Å². The van der Waals surface area contributed by atoms with Crippen LogP contribution in [0.3, 0.4) is 0 Å². The molecule has 0 radical (unpaired) electrons. The zero-order chi connectivity index (χ0) is 18.5. The smallest absolute Gasteiger partial charge is 0.336 e. The van der Waals surface area contributed by atoms with Crippen molar-refractivity contribution in [2.45, 2.75) is 19.8 Å². The second kappa shape index (κ2) is 8.06. The van der Waals surface area contributed by atoms with E-state index in [0.717, 1.165) is 10.9 Å². The predicted octanol–water partition coefficient (Wildman–Crippen LogP) is 4.52. The van der Waals surface area contributed by atoms with Crippen molar-refractivity contribution >= 4 is 28.5 Å².